The van der Waals surface area contributed by atoms with Crippen LogP contribution in [0, 0.1) is 0 Å². The molecule has 0 saturated carbocycles. The largest absolute Gasteiger partial charge is 0.380 e. The van der Waals surface area contributed by atoms with Crippen LogP contribution in [0.2, 0.25) is 0 Å². The molecule has 1 atom stereocenters. The average Bonchev–Trinajstić information content (AvgIpc) is 3.25. The molecule has 1 aliphatic rings. The lowest BCUT2D eigenvalue weighted by Gasteiger charge is -2.18. The zero-order valence-corrected chi connectivity index (χ0v) is 17.3. The molecule has 30 heavy (non-hydrogen) atoms. The Labute approximate surface area is 174 Å². The fraction of sp³-hybridized carbons (Fsp3) is 0.261. The van der Waals surface area contributed by atoms with Gasteiger partial charge < -0.3 is 10.6 Å². The van der Waals surface area contributed by atoms with Crippen molar-refractivity contribution in [3.63, 3.8) is 0 Å². The van der Waals surface area contributed by atoms with Gasteiger partial charge in [0, 0.05) is 49.3 Å². The van der Waals surface area contributed by atoms with E-state index >= 15 is 0 Å². The minimum absolute atomic E-state index is 0.0480. The van der Waals surface area contributed by atoms with E-state index < -0.39 is 0 Å². The first-order valence-electron chi connectivity index (χ1n) is 10.2. The van der Waals surface area contributed by atoms with Gasteiger partial charge >= 0.3 is 0 Å². The van der Waals surface area contributed by atoms with Gasteiger partial charge in [-0.15, -0.1) is 0 Å². The van der Waals surface area contributed by atoms with Gasteiger partial charge in [0.2, 0.25) is 5.91 Å². The summed E-state index contributed by atoms with van der Waals surface area (Å²) < 4.78 is 3.69. The van der Waals surface area contributed by atoms with Gasteiger partial charge in [0.15, 0.2) is 0 Å². The molecule has 0 bridgehead atoms. The maximum absolute atomic E-state index is 12.3. The van der Waals surface area contributed by atoms with E-state index in [2.05, 4.69) is 46.9 Å². The number of aryl methyl sites for hydroxylation is 2. The smallest absolute Gasteiger partial charge is 0.226 e. The van der Waals surface area contributed by atoms with Gasteiger partial charge in [-0.1, -0.05) is 25.1 Å². The molecule has 4 aromatic rings. The highest BCUT2D eigenvalue weighted by atomic mass is 16.1. The quantitative estimate of drug-likeness (QED) is 0.541. The number of anilines is 2. The Hall–Kier alpha value is -3.61. The maximum Gasteiger partial charge on any atom is 0.226 e. The molecule has 2 N–H and O–H groups in total. The summed E-state index contributed by atoms with van der Waals surface area (Å²) in [6.45, 7) is 2.10. The Morgan fingerprint density at radius 2 is 2.03 bits per heavy atom. The van der Waals surface area contributed by atoms with Gasteiger partial charge in [0.05, 0.1) is 23.1 Å². The molecule has 7 nitrogen and oxygen atoms in total. The summed E-state index contributed by atoms with van der Waals surface area (Å²) in [4.78, 5) is 12.3. The fourth-order valence-corrected chi connectivity index (χ4v) is 4.17. The summed E-state index contributed by atoms with van der Waals surface area (Å²) in [5.41, 5.74) is 6.91. The highest BCUT2D eigenvalue weighted by molar-refractivity contribution is 6.02. The molecule has 2 aromatic heterocycles. The first-order chi connectivity index (χ1) is 14.5. The van der Waals surface area contributed by atoms with Gasteiger partial charge in [0.1, 0.15) is 5.69 Å². The standard InChI is InChI=1S/C23H24N6O/c1-4-16-11-21(30)26-19-7-5-6-17(23(19)25-16)14-8-9-20-18(10-14)22(27-29(20)3)15-12-24-28(2)13-15/h5-10,12-13,16,25H,4,11H2,1-3H3,(H,26,30)/t16-/m1/s1. The van der Waals surface area contributed by atoms with Gasteiger partial charge in [-0.05, 0) is 30.2 Å². The van der Waals surface area contributed by atoms with Crippen molar-refractivity contribution in [2.24, 2.45) is 14.1 Å². The molecule has 1 aliphatic heterocycles. The summed E-state index contributed by atoms with van der Waals surface area (Å²) in [7, 11) is 3.86. The van der Waals surface area contributed by atoms with Crippen molar-refractivity contribution in [1.82, 2.24) is 19.6 Å². The Morgan fingerprint density at radius 1 is 1.17 bits per heavy atom. The second-order valence-corrected chi connectivity index (χ2v) is 7.84. The zero-order chi connectivity index (χ0) is 20.8. The van der Waals surface area contributed by atoms with Crippen LogP contribution in [0.1, 0.15) is 19.8 Å². The van der Waals surface area contributed by atoms with E-state index in [1.165, 1.54) is 0 Å². The fourth-order valence-electron chi connectivity index (χ4n) is 4.17. The third kappa shape index (κ3) is 3.03. The van der Waals surface area contributed by atoms with Crippen LogP contribution in [-0.4, -0.2) is 31.5 Å². The predicted molar refractivity (Wildman–Crippen MR) is 119 cm³/mol. The Bertz CT molecular complexity index is 1270. The lowest BCUT2D eigenvalue weighted by atomic mass is 9.99. The Kier molecular flexibility index (Phi) is 4.31. The first-order valence-corrected chi connectivity index (χ1v) is 10.2. The number of nitrogens with one attached hydrogen (secondary N) is 2. The number of rotatable bonds is 3. The van der Waals surface area contributed by atoms with E-state index in [9.17, 15) is 4.79 Å². The summed E-state index contributed by atoms with van der Waals surface area (Å²) in [6.07, 6.45) is 5.17. The molecule has 0 fully saturated rings. The monoisotopic (exact) mass is 400 g/mol. The second kappa shape index (κ2) is 7.02. The summed E-state index contributed by atoms with van der Waals surface area (Å²) in [5.74, 6) is 0.0480. The predicted octanol–water partition coefficient (Wildman–Crippen LogP) is 4.17. The molecule has 152 valence electrons. The van der Waals surface area contributed by atoms with Crippen molar-refractivity contribution in [3.05, 3.63) is 48.8 Å². The number of para-hydroxylation sites is 1. The van der Waals surface area contributed by atoms with Crippen LogP contribution in [-0.2, 0) is 18.9 Å². The van der Waals surface area contributed by atoms with E-state index in [1.54, 1.807) is 4.68 Å². The third-order valence-corrected chi connectivity index (χ3v) is 5.75. The molecule has 1 amide bonds. The number of aromatic nitrogens is 4. The van der Waals surface area contributed by atoms with Crippen LogP contribution in [0.25, 0.3) is 33.3 Å². The topological polar surface area (TPSA) is 76.8 Å². The lowest BCUT2D eigenvalue weighted by Crippen LogP contribution is -2.21. The number of amides is 1. The van der Waals surface area contributed by atoms with Crippen molar-refractivity contribution < 1.29 is 4.79 Å². The lowest BCUT2D eigenvalue weighted by molar-refractivity contribution is -0.116. The molecular weight excluding hydrogens is 376 g/mol. The normalized spacial score (nSPS) is 16.1. The maximum atomic E-state index is 12.3. The van der Waals surface area contributed by atoms with Crippen LogP contribution in [0.4, 0.5) is 11.4 Å². The van der Waals surface area contributed by atoms with Crippen LogP contribution < -0.4 is 10.6 Å². The van der Waals surface area contributed by atoms with E-state index in [0.29, 0.717) is 6.42 Å². The number of hydrogen-bond acceptors (Lipinski definition) is 4. The summed E-state index contributed by atoms with van der Waals surface area (Å²) in [5, 5.41) is 16.8. The highest BCUT2D eigenvalue weighted by Gasteiger charge is 2.22. The molecule has 2 aromatic carbocycles. The van der Waals surface area contributed by atoms with Crippen molar-refractivity contribution in [2.45, 2.75) is 25.8 Å². The third-order valence-electron chi connectivity index (χ3n) is 5.75. The van der Waals surface area contributed by atoms with E-state index in [1.807, 2.05) is 43.3 Å². The van der Waals surface area contributed by atoms with Crippen molar-refractivity contribution in [2.75, 3.05) is 10.6 Å². The molecule has 0 unspecified atom stereocenters. The molecule has 7 heteroatoms. The molecule has 3 heterocycles. The Morgan fingerprint density at radius 3 is 2.80 bits per heavy atom. The zero-order valence-electron chi connectivity index (χ0n) is 17.3. The number of carbonyl (C=O) groups is 1. The average molecular weight is 400 g/mol. The number of fused-ring (bicyclic) bond motifs is 2. The van der Waals surface area contributed by atoms with Gasteiger partial charge in [-0.2, -0.15) is 10.2 Å². The van der Waals surface area contributed by atoms with E-state index in [4.69, 9.17) is 5.10 Å². The van der Waals surface area contributed by atoms with Gasteiger partial charge in [0.25, 0.3) is 0 Å². The number of carbonyl (C=O) groups excluding carboxylic acids is 1. The Balaban J connectivity index is 1.68. The summed E-state index contributed by atoms with van der Waals surface area (Å²) >= 11 is 0. The van der Waals surface area contributed by atoms with Crippen LogP contribution >= 0.6 is 0 Å². The van der Waals surface area contributed by atoms with Crippen molar-refractivity contribution in [3.8, 4) is 22.4 Å². The molecule has 0 saturated heterocycles. The number of benzene rings is 2. The summed E-state index contributed by atoms with van der Waals surface area (Å²) in [6, 6.07) is 12.5. The molecule has 0 spiro atoms. The minimum Gasteiger partial charge on any atom is -0.380 e. The van der Waals surface area contributed by atoms with Gasteiger partial charge in [-0.3, -0.25) is 14.2 Å². The molecule has 5 rings (SSSR count). The first kappa shape index (κ1) is 18.4. The van der Waals surface area contributed by atoms with Crippen molar-refractivity contribution >= 4 is 28.2 Å². The molecular formula is C23H24N6O. The van der Waals surface area contributed by atoms with Crippen LogP contribution in [0.3, 0.4) is 0 Å². The molecule has 0 radical (unpaired) electrons. The molecule has 0 aliphatic carbocycles. The highest BCUT2D eigenvalue weighted by Crippen LogP contribution is 2.39. The van der Waals surface area contributed by atoms with Gasteiger partial charge in [-0.25, -0.2) is 0 Å². The SMILES string of the molecule is CC[C@@H]1CC(=O)Nc2cccc(-c3ccc4c(c3)c(-c3cnn(C)c3)nn4C)c2N1. The second-order valence-electron chi connectivity index (χ2n) is 7.84. The van der Waals surface area contributed by atoms with Crippen molar-refractivity contribution in [1.29, 1.82) is 0 Å². The van der Waals surface area contributed by atoms with Crippen LogP contribution in [0.5, 0.6) is 0 Å². The van der Waals surface area contributed by atoms with Crippen LogP contribution in [0.15, 0.2) is 48.8 Å². The number of hydrogen-bond donors (Lipinski definition) is 2. The van der Waals surface area contributed by atoms with E-state index in [0.717, 1.165) is 51.1 Å². The number of nitrogens with zero attached hydrogens (tertiary/aromatic N) is 4. The van der Waals surface area contributed by atoms with E-state index in [-0.39, 0.29) is 11.9 Å². The minimum atomic E-state index is 0.0480.